The number of amides is 1. The maximum absolute atomic E-state index is 12.7. The van der Waals surface area contributed by atoms with Crippen LogP contribution in [-0.2, 0) is 27.0 Å². The highest BCUT2D eigenvalue weighted by atomic mass is 32.2. The van der Waals surface area contributed by atoms with Crippen LogP contribution < -0.4 is 4.74 Å². The highest BCUT2D eigenvalue weighted by Crippen LogP contribution is 2.29. The minimum atomic E-state index is -3.38. The maximum atomic E-state index is 12.7. The Labute approximate surface area is 159 Å². The van der Waals surface area contributed by atoms with Gasteiger partial charge in [0, 0.05) is 32.6 Å². The maximum Gasteiger partial charge on any atom is 0.264 e. The van der Waals surface area contributed by atoms with Crippen LogP contribution in [0.15, 0.2) is 54.6 Å². The monoisotopic (exact) mass is 386 g/mol. The van der Waals surface area contributed by atoms with Crippen molar-refractivity contribution in [3.05, 3.63) is 65.7 Å². The number of para-hydroxylation sites is 1. The van der Waals surface area contributed by atoms with E-state index >= 15 is 0 Å². The Kier molecular flexibility index (Phi) is 4.88. The van der Waals surface area contributed by atoms with E-state index in [2.05, 4.69) is 0 Å². The van der Waals surface area contributed by atoms with Crippen LogP contribution in [0.2, 0.25) is 0 Å². The zero-order valence-electron chi connectivity index (χ0n) is 15.0. The third kappa shape index (κ3) is 3.84. The van der Waals surface area contributed by atoms with Crippen LogP contribution in [0.25, 0.3) is 0 Å². The van der Waals surface area contributed by atoms with Crippen molar-refractivity contribution >= 4 is 15.9 Å². The average molecular weight is 386 g/mol. The normalized spacial score (nSPS) is 20.1. The fourth-order valence-electron chi connectivity index (χ4n) is 3.59. The molecule has 0 unspecified atom stereocenters. The summed E-state index contributed by atoms with van der Waals surface area (Å²) in [5.74, 6) is 0.689. The van der Waals surface area contributed by atoms with Crippen LogP contribution in [0, 0.1) is 0 Å². The molecule has 7 heteroatoms. The summed E-state index contributed by atoms with van der Waals surface area (Å²) < 4.78 is 32.5. The van der Waals surface area contributed by atoms with Crippen molar-refractivity contribution in [3.8, 4) is 5.75 Å². The predicted octanol–water partition coefficient (Wildman–Crippen LogP) is 1.66. The van der Waals surface area contributed by atoms with Gasteiger partial charge in [0.05, 0.1) is 5.75 Å². The lowest BCUT2D eigenvalue weighted by molar-refractivity contribution is -0.139. The van der Waals surface area contributed by atoms with Crippen molar-refractivity contribution < 1.29 is 17.9 Å². The van der Waals surface area contributed by atoms with Crippen LogP contribution in [0.3, 0.4) is 0 Å². The summed E-state index contributed by atoms with van der Waals surface area (Å²) in [4.78, 5) is 14.5. The molecule has 2 aliphatic heterocycles. The first-order valence-electron chi connectivity index (χ1n) is 9.08. The lowest BCUT2D eigenvalue weighted by atomic mass is 10.1. The smallest absolute Gasteiger partial charge is 0.264 e. The Morgan fingerprint density at radius 2 is 1.63 bits per heavy atom. The summed E-state index contributed by atoms with van der Waals surface area (Å²) in [6, 6.07) is 16.8. The molecule has 2 heterocycles. The molecule has 1 amide bonds. The number of ether oxygens (including phenoxy) is 1. The zero-order chi connectivity index (χ0) is 18.9. The average Bonchev–Trinajstić information content (AvgIpc) is 3.12. The standard InChI is InChI=1S/C20H22N2O4S/c23-20(19-14-17-8-4-5-9-18(17)26-19)21-10-12-22(13-11-21)27(24,25)15-16-6-2-1-3-7-16/h1-9,19H,10-15H2/t19-/m0/s1. The van der Waals surface area contributed by atoms with Gasteiger partial charge < -0.3 is 9.64 Å². The molecule has 0 bridgehead atoms. The first-order valence-corrected chi connectivity index (χ1v) is 10.7. The van der Waals surface area contributed by atoms with Gasteiger partial charge in [-0.05, 0) is 17.2 Å². The second-order valence-corrected chi connectivity index (χ2v) is 8.85. The highest BCUT2D eigenvalue weighted by Gasteiger charge is 2.35. The molecule has 1 atom stereocenters. The van der Waals surface area contributed by atoms with Crippen LogP contribution in [0.5, 0.6) is 5.75 Å². The summed E-state index contributed by atoms with van der Waals surface area (Å²) in [6.45, 7) is 1.42. The van der Waals surface area contributed by atoms with E-state index < -0.39 is 16.1 Å². The molecule has 0 spiro atoms. The second-order valence-electron chi connectivity index (χ2n) is 6.88. The number of benzene rings is 2. The molecule has 0 aromatic heterocycles. The molecule has 142 valence electrons. The molecule has 0 radical (unpaired) electrons. The summed E-state index contributed by atoms with van der Waals surface area (Å²) in [5.41, 5.74) is 1.81. The van der Waals surface area contributed by atoms with Crippen LogP contribution in [-0.4, -0.2) is 55.8 Å². The van der Waals surface area contributed by atoms with E-state index in [-0.39, 0.29) is 11.7 Å². The quantitative estimate of drug-likeness (QED) is 0.802. The van der Waals surface area contributed by atoms with Crippen molar-refractivity contribution in [2.24, 2.45) is 0 Å². The summed E-state index contributed by atoms with van der Waals surface area (Å²) in [6.07, 6.45) is 0.0662. The molecular formula is C20H22N2O4S. The van der Waals surface area contributed by atoms with Gasteiger partial charge in [-0.1, -0.05) is 48.5 Å². The van der Waals surface area contributed by atoms with Crippen molar-refractivity contribution in [3.63, 3.8) is 0 Å². The highest BCUT2D eigenvalue weighted by molar-refractivity contribution is 7.88. The molecule has 6 nitrogen and oxygen atoms in total. The number of hydrogen-bond donors (Lipinski definition) is 0. The minimum Gasteiger partial charge on any atom is -0.480 e. The fraction of sp³-hybridized carbons (Fsp3) is 0.350. The second kappa shape index (κ2) is 7.32. The number of rotatable bonds is 4. The van der Waals surface area contributed by atoms with E-state index in [4.69, 9.17) is 4.74 Å². The molecular weight excluding hydrogens is 364 g/mol. The third-order valence-electron chi connectivity index (χ3n) is 5.06. The number of fused-ring (bicyclic) bond motifs is 1. The number of nitrogens with zero attached hydrogens (tertiary/aromatic N) is 2. The Morgan fingerprint density at radius 1 is 0.963 bits per heavy atom. The van der Waals surface area contributed by atoms with Gasteiger partial charge >= 0.3 is 0 Å². The van der Waals surface area contributed by atoms with Crippen molar-refractivity contribution in [1.82, 2.24) is 9.21 Å². The zero-order valence-corrected chi connectivity index (χ0v) is 15.8. The number of sulfonamides is 1. The summed E-state index contributed by atoms with van der Waals surface area (Å²) in [7, 11) is -3.38. The predicted molar refractivity (Wildman–Crippen MR) is 102 cm³/mol. The molecule has 0 aliphatic carbocycles. The van der Waals surface area contributed by atoms with Gasteiger partial charge in [0.15, 0.2) is 6.10 Å². The Morgan fingerprint density at radius 3 is 2.33 bits per heavy atom. The van der Waals surface area contributed by atoms with Crippen molar-refractivity contribution in [2.45, 2.75) is 18.3 Å². The van der Waals surface area contributed by atoms with Gasteiger partial charge in [0.25, 0.3) is 5.91 Å². The third-order valence-corrected chi connectivity index (χ3v) is 6.91. The molecule has 2 aliphatic rings. The van der Waals surface area contributed by atoms with Crippen molar-refractivity contribution in [1.29, 1.82) is 0 Å². The Hall–Kier alpha value is -2.38. The molecule has 0 saturated carbocycles. The molecule has 4 rings (SSSR count). The Balaban J connectivity index is 1.34. The van der Waals surface area contributed by atoms with Gasteiger partial charge in [-0.3, -0.25) is 4.79 Å². The number of carbonyl (C=O) groups is 1. The number of piperazine rings is 1. The van der Waals surface area contributed by atoms with E-state index in [0.29, 0.717) is 32.6 Å². The van der Waals surface area contributed by atoms with Crippen LogP contribution in [0.1, 0.15) is 11.1 Å². The largest absolute Gasteiger partial charge is 0.480 e. The summed E-state index contributed by atoms with van der Waals surface area (Å²) in [5, 5.41) is 0. The lowest BCUT2D eigenvalue weighted by Crippen LogP contribution is -2.53. The minimum absolute atomic E-state index is 0.0111. The van der Waals surface area contributed by atoms with Gasteiger partial charge in [-0.25, -0.2) is 8.42 Å². The molecule has 0 N–H and O–H groups in total. The first kappa shape index (κ1) is 18.0. The van der Waals surface area contributed by atoms with Crippen LogP contribution in [0.4, 0.5) is 0 Å². The van der Waals surface area contributed by atoms with E-state index in [1.807, 2.05) is 54.6 Å². The first-order chi connectivity index (χ1) is 13.0. The summed E-state index contributed by atoms with van der Waals surface area (Å²) >= 11 is 0. The molecule has 1 fully saturated rings. The van der Waals surface area contributed by atoms with Crippen molar-refractivity contribution in [2.75, 3.05) is 26.2 Å². The van der Waals surface area contributed by atoms with E-state index in [9.17, 15) is 13.2 Å². The van der Waals surface area contributed by atoms with Gasteiger partial charge in [0.2, 0.25) is 10.0 Å². The molecule has 2 aromatic rings. The molecule has 2 aromatic carbocycles. The van der Waals surface area contributed by atoms with Gasteiger partial charge in [-0.15, -0.1) is 0 Å². The number of carbonyl (C=O) groups excluding carboxylic acids is 1. The molecule has 27 heavy (non-hydrogen) atoms. The lowest BCUT2D eigenvalue weighted by Gasteiger charge is -2.35. The van der Waals surface area contributed by atoms with Gasteiger partial charge in [-0.2, -0.15) is 4.31 Å². The van der Waals surface area contributed by atoms with E-state index in [1.165, 1.54) is 4.31 Å². The van der Waals surface area contributed by atoms with E-state index in [0.717, 1.165) is 16.9 Å². The topological polar surface area (TPSA) is 66.9 Å². The Bertz CT molecular complexity index is 897. The van der Waals surface area contributed by atoms with Crippen LogP contribution >= 0.6 is 0 Å². The van der Waals surface area contributed by atoms with Gasteiger partial charge in [0.1, 0.15) is 5.75 Å². The number of hydrogen-bond acceptors (Lipinski definition) is 4. The SMILES string of the molecule is O=C([C@@H]1Cc2ccccc2O1)N1CCN(S(=O)(=O)Cc2ccccc2)CC1. The molecule has 1 saturated heterocycles. The van der Waals surface area contributed by atoms with E-state index in [1.54, 1.807) is 4.90 Å². The fourth-order valence-corrected chi connectivity index (χ4v) is 5.10.